The molecule has 0 N–H and O–H groups in total. The second kappa shape index (κ2) is 8.29. The molecule has 10 heteroatoms. The van der Waals surface area contributed by atoms with Crippen LogP contribution in [0.1, 0.15) is 11.6 Å². The number of ether oxygens (including phenoxy) is 1. The number of methoxy groups -OCH3 is 1. The summed E-state index contributed by atoms with van der Waals surface area (Å²) in [5.74, 6) is -0.0716. The van der Waals surface area contributed by atoms with Crippen LogP contribution < -0.4 is 4.90 Å². The van der Waals surface area contributed by atoms with E-state index < -0.39 is 11.0 Å². The molecule has 1 fully saturated rings. The number of fused-ring (bicyclic) bond motifs is 1. The molecule has 4 rings (SSSR count). The first-order valence-electron chi connectivity index (χ1n) is 9.43. The van der Waals surface area contributed by atoms with E-state index in [1.54, 1.807) is 36.5 Å². The molecule has 0 amide bonds. The quantitative estimate of drug-likeness (QED) is 0.349. The van der Waals surface area contributed by atoms with E-state index in [0.29, 0.717) is 42.7 Å². The third-order valence-corrected chi connectivity index (χ3v) is 5.50. The van der Waals surface area contributed by atoms with E-state index in [9.17, 15) is 14.9 Å². The highest BCUT2D eigenvalue weighted by Crippen LogP contribution is 2.31. The van der Waals surface area contributed by atoms with Gasteiger partial charge >= 0.3 is 11.8 Å². The Labute approximate surface area is 177 Å². The van der Waals surface area contributed by atoms with Crippen molar-refractivity contribution in [2.24, 2.45) is 0 Å². The Morgan fingerprint density at radius 1 is 1.17 bits per heavy atom. The van der Waals surface area contributed by atoms with Crippen LogP contribution in [0, 0.1) is 10.1 Å². The average Bonchev–Trinajstić information content (AvgIpc) is 3.15. The lowest BCUT2D eigenvalue weighted by atomic mass is 10.0. The van der Waals surface area contributed by atoms with E-state index in [1.807, 2.05) is 21.9 Å². The van der Waals surface area contributed by atoms with Crippen LogP contribution in [0.3, 0.4) is 0 Å². The summed E-state index contributed by atoms with van der Waals surface area (Å²) in [5.41, 5.74) is 1.31. The number of halogens is 1. The number of esters is 1. The normalized spacial score (nSPS) is 15.9. The van der Waals surface area contributed by atoms with Crippen molar-refractivity contribution in [1.82, 2.24) is 14.3 Å². The lowest BCUT2D eigenvalue weighted by Gasteiger charge is -2.38. The first-order chi connectivity index (χ1) is 14.5. The van der Waals surface area contributed by atoms with E-state index >= 15 is 0 Å². The van der Waals surface area contributed by atoms with Crippen molar-refractivity contribution in [3.63, 3.8) is 0 Å². The maximum Gasteiger partial charge on any atom is 0.372 e. The molecule has 9 nitrogen and oxygen atoms in total. The van der Waals surface area contributed by atoms with Gasteiger partial charge in [-0.05, 0) is 28.7 Å². The summed E-state index contributed by atoms with van der Waals surface area (Å²) in [6.45, 7) is 2.03. The van der Waals surface area contributed by atoms with Crippen LogP contribution in [0.2, 0.25) is 5.02 Å². The van der Waals surface area contributed by atoms with E-state index in [2.05, 4.69) is 4.98 Å². The number of hydrogen-bond acceptors (Lipinski definition) is 7. The summed E-state index contributed by atoms with van der Waals surface area (Å²) in [7, 11) is 1.36. The van der Waals surface area contributed by atoms with Crippen LogP contribution in [0.4, 0.5) is 11.6 Å². The average molecular weight is 430 g/mol. The van der Waals surface area contributed by atoms with Crippen molar-refractivity contribution in [1.29, 1.82) is 0 Å². The molecule has 0 aliphatic carbocycles. The zero-order valence-corrected chi connectivity index (χ0v) is 17.0. The number of anilines is 1. The second-order valence-electron chi connectivity index (χ2n) is 6.95. The monoisotopic (exact) mass is 429 g/mol. The Kier molecular flexibility index (Phi) is 5.56. The maximum absolute atomic E-state index is 12.5. The maximum atomic E-state index is 12.5. The van der Waals surface area contributed by atoms with Gasteiger partial charge in [-0.25, -0.2) is 4.79 Å². The highest BCUT2D eigenvalue weighted by Gasteiger charge is 2.34. The molecule has 0 bridgehead atoms. The highest BCUT2D eigenvalue weighted by atomic mass is 35.5. The van der Waals surface area contributed by atoms with Crippen molar-refractivity contribution in [3.05, 3.63) is 69.4 Å². The summed E-state index contributed by atoms with van der Waals surface area (Å²) in [6, 6.07) is 11.8. The van der Waals surface area contributed by atoms with Gasteiger partial charge in [0.2, 0.25) is 11.5 Å². The van der Waals surface area contributed by atoms with Crippen molar-refractivity contribution in [2.75, 3.05) is 38.2 Å². The predicted molar refractivity (Wildman–Crippen MR) is 112 cm³/mol. The van der Waals surface area contributed by atoms with Crippen molar-refractivity contribution in [3.8, 4) is 0 Å². The molecule has 0 unspecified atom stereocenters. The molecule has 30 heavy (non-hydrogen) atoms. The number of aromatic nitrogens is 2. The molecule has 1 aliphatic heterocycles. The minimum absolute atomic E-state index is 0.0544. The SMILES string of the molecule is COC(=O)[C@@H](c1ccc(Cl)cc1)N1CCN(c2nc3ccccn3c2[N+](=O)[O-])CC1. The van der Waals surface area contributed by atoms with Crippen LogP contribution in [-0.2, 0) is 9.53 Å². The Balaban J connectivity index is 1.58. The summed E-state index contributed by atoms with van der Waals surface area (Å²) >= 11 is 5.98. The molecule has 1 saturated heterocycles. The third-order valence-electron chi connectivity index (χ3n) is 5.25. The molecule has 3 aromatic rings. The Hall–Kier alpha value is -3.17. The van der Waals surface area contributed by atoms with Gasteiger partial charge in [0.1, 0.15) is 6.04 Å². The molecule has 1 aliphatic rings. The van der Waals surface area contributed by atoms with Gasteiger partial charge in [-0.1, -0.05) is 29.8 Å². The van der Waals surface area contributed by atoms with Gasteiger partial charge < -0.3 is 19.8 Å². The number of nitrogens with zero attached hydrogens (tertiary/aromatic N) is 5. The fraction of sp³-hybridized carbons (Fsp3) is 0.300. The number of carbonyl (C=O) groups is 1. The van der Waals surface area contributed by atoms with Gasteiger partial charge in [0, 0.05) is 37.3 Å². The van der Waals surface area contributed by atoms with E-state index in [1.165, 1.54) is 11.5 Å². The number of pyridine rings is 1. The third kappa shape index (κ3) is 3.69. The summed E-state index contributed by atoms with van der Waals surface area (Å²) < 4.78 is 6.50. The molecule has 0 spiro atoms. The molecule has 3 heterocycles. The summed E-state index contributed by atoms with van der Waals surface area (Å²) in [4.78, 5) is 32.1. The standard InChI is InChI=1S/C20H20ClN5O4/c1-30-20(27)17(14-5-7-15(21)8-6-14)23-10-12-24(13-11-23)18-19(26(28)29)25-9-3-2-4-16(25)22-18/h2-9,17H,10-13H2,1H3/t17-/m1/s1. The van der Waals surface area contributed by atoms with Gasteiger partial charge in [-0.3, -0.25) is 4.90 Å². The number of imidazole rings is 1. The first-order valence-corrected chi connectivity index (χ1v) is 9.81. The van der Waals surface area contributed by atoms with Crippen LogP contribution in [0.15, 0.2) is 48.7 Å². The Bertz CT molecular complexity index is 1080. The number of piperazine rings is 1. The minimum atomic E-state index is -0.564. The van der Waals surface area contributed by atoms with Crippen LogP contribution in [0.25, 0.3) is 5.65 Å². The smallest absolute Gasteiger partial charge is 0.372 e. The number of rotatable bonds is 5. The van der Waals surface area contributed by atoms with Gasteiger partial charge in [0.15, 0.2) is 0 Å². The fourth-order valence-corrected chi connectivity index (χ4v) is 3.92. The zero-order valence-electron chi connectivity index (χ0n) is 16.3. The number of hydrogen-bond donors (Lipinski definition) is 0. The van der Waals surface area contributed by atoms with Crippen LogP contribution in [0.5, 0.6) is 0 Å². The molecular formula is C20H20ClN5O4. The fourth-order valence-electron chi connectivity index (χ4n) is 3.80. The zero-order chi connectivity index (χ0) is 21.3. The van der Waals surface area contributed by atoms with Gasteiger partial charge in [-0.2, -0.15) is 9.38 Å². The molecule has 156 valence electrons. The van der Waals surface area contributed by atoms with Gasteiger partial charge in [-0.15, -0.1) is 0 Å². The molecule has 1 aromatic carbocycles. The largest absolute Gasteiger partial charge is 0.468 e. The van der Waals surface area contributed by atoms with E-state index in [0.717, 1.165) is 5.56 Å². The van der Waals surface area contributed by atoms with Crippen LogP contribution in [-0.4, -0.2) is 58.5 Å². The first kappa shape index (κ1) is 20.1. The van der Waals surface area contributed by atoms with E-state index in [-0.39, 0.29) is 11.8 Å². The highest BCUT2D eigenvalue weighted by molar-refractivity contribution is 6.30. The molecule has 0 radical (unpaired) electrons. The summed E-state index contributed by atoms with van der Waals surface area (Å²) in [6.07, 6.45) is 1.63. The van der Waals surface area contributed by atoms with Crippen molar-refractivity contribution < 1.29 is 14.5 Å². The Morgan fingerprint density at radius 3 is 2.50 bits per heavy atom. The number of nitro groups is 1. The number of carbonyl (C=O) groups excluding carboxylic acids is 1. The molecule has 2 aromatic heterocycles. The topological polar surface area (TPSA) is 93.2 Å². The van der Waals surface area contributed by atoms with Gasteiger partial charge in [0.25, 0.3) is 0 Å². The van der Waals surface area contributed by atoms with E-state index in [4.69, 9.17) is 16.3 Å². The summed E-state index contributed by atoms with van der Waals surface area (Å²) in [5, 5.41) is 12.3. The van der Waals surface area contributed by atoms with Gasteiger partial charge in [0.05, 0.1) is 13.3 Å². The van der Waals surface area contributed by atoms with Crippen molar-refractivity contribution in [2.45, 2.75) is 6.04 Å². The Morgan fingerprint density at radius 2 is 1.87 bits per heavy atom. The minimum Gasteiger partial charge on any atom is -0.468 e. The lowest BCUT2D eigenvalue weighted by molar-refractivity contribution is -0.389. The molecular weight excluding hydrogens is 410 g/mol. The molecule has 0 saturated carbocycles. The number of benzene rings is 1. The van der Waals surface area contributed by atoms with Crippen molar-refractivity contribution >= 4 is 34.9 Å². The second-order valence-corrected chi connectivity index (χ2v) is 7.38. The predicted octanol–water partition coefficient (Wildman–Crippen LogP) is 2.93. The molecule has 1 atom stereocenters. The lowest BCUT2D eigenvalue weighted by Crippen LogP contribution is -2.49. The van der Waals surface area contributed by atoms with Crippen LogP contribution >= 0.6 is 11.6 Å².